The van der Waals surface area contributed by atoms with Crippen LogP contribution in [0.25, 0.3) is 0 Å². The fourth-order valence-electron chi connectivity index (χ4n) is 4.15. The lowest BCUT2D eigenvalue weighted by molar-refractivity contribution is -0.133. The number of rotatable bonds is 9. The molecule has 0 bridgehead atoms. The van der Waals surface area contributed by atoms with Gasteiger partial charge in [-0.3, -0.25) is 14.4 Å². The number of likely N-dealkylation sites (tertiary alicyclic amines) is 1. The normalized spacial score (nSPS) is 22.2. The van der Waals surface area contributed by atoms with Gasteiger partial charge >= 0.3 is 0 Å². The van der Waals surface area contributed by atoms with Crippen molar-refractivity contribution in [2.75, 3.05) is 11.9 Å². The molecule has 0 radical (unpaired) electrons. The van der Waals surface area contributed by atoms with Crippen molar-refractivity contribution in [2.45, 2.75) is 70.4 Å². The number of benzene rings is 1. The highest BCUT2D eigenvalue weighted by atomic mass is 16.7. The molecule has 1 unspecified atom stereocenters. The van der Waals surface area contributed by atoms with Crippen LogP contribution in [0.2, 0.25) is 0 Å². The summed E-state index contributed by atoms with van der Waals surface area (Å²) < 4.78 is 0. The molecule has 1 fully saturated rings. The highest BCUT2D eigenvalue weighted by molar-refractivity contribution is 6.03. The molecule has 8 nitrogen and oxygen atoms in total. The van der Waals surface area contributed by atoms with E-state index < -0.39 is 17.6 Å². The number of anilines is 1. The molecule has 8 heteroatoms. The van der Waals surface area contributed by atoms with Gasteiger partial charge in [0.1, 0.15) is 6.04 Å². The van der Waals surface area contributed by atoms with Gasteiger partial charge in [0.15, 0.2) is 5.60 Å². The Morgan fingerprint density at radius 3 is 2.84 bits per heavy atom. The largest absolute Gasteiger partial charge is 0.387 e. The number of nitrogens with zero attached hydrogens (tertiary/aromatic N) is 2. The maximum Gasteiger partial charge on any atom is 0.247 e. The molecule has 2 aliphatic rings. The van der Waals surface area contributed by atoms with Crippen molar-refractivity contribution in [3.05, 3.63) is 42.0 Å². The van der Waals surface area contributed by atoms with E-state index in [1.54, 1.807) is 6.08 Å². The molecule has 2 aliphatic heterocycles. The predicted molar refractivity (Wildman–Crippen MR) is 123 cm³/mol. The number of hydrogen-bond donors (Lipinski definition) is 2. The van der Waals surface area contributed by atoms with E-state index in [-0.39, 0.29) is 18.4 Å². The first-order valence-electron chi connectivity index (χ1n) is 11.3. The molecular weight excluding hydrogens is 408 g/mol. The van der Waals surface area contributed by atoms with Gasteiger partial charge in [0.05, 0.1) is 12.3 Å². The Balaban J connectivity index is 1.68. The maximum absolute atomic E-state index is 12.6. The number of nitrogens with two attached hydrogens (primary N) is 1. The summed E-state index contributed by atoms with van der Waals surface area (Å²) in [4.78, 5) is 44.0. The van der Waals surface area contributed by atoms with Gasteiger partial charge < -0.3 is 20.8 Å². The van der Waals surface area contributed by atoms with Crippen LogP contribution in [0.5, 0.6) is 0 Å². The molecule has 3 rings (SSSR count). The van der Waals surface area contributed by atoms with Crippen LogP contribution in [0.15, 0.2) is 41.6 Å². The zero-order valence-electron chi connectivity index (χ0n) is 18.8. The lowest BCUT2D eigenvalue weighted by atomic mass is 9.91. The van der Waals surface area contributed by atoms with Gasteiger partial charge in [0.25, 0.3) is 0 Å². The molecule has 2 heterocycles. The van der Waals surface area contributed by atoms with E-state index in [0.717, 1.165) is 31.2 Å². The van der Waals surface area contributed by atoms with Crippen molar-refractivity contribution in [1.82, 2.24) is 4.90 Å². The number of allylic oxidation sites excluding steroid dienone is 1. The molecule has 0 aromatic heterocycles. The third kappa shape index (κ3) is 5.55. The van der Waals surface area contributed by atoms with Crippen molar-refractivity contribution < 1.29 is 19.2 Å². The van der Waals surface area contributed by atoms with Gasteiger partial charge in [0.2, 0.25) is 17.7 Å². The summed E-state index contributed by atoms with van der Waals surface area (Å²) in [5.74, 6) is -0.812. The Hall–Kier alpha value is -3.16. The van der Waals surface area contributed by atoms with Crippen LogP contribution in [0.3, 0.4) is 0 Å². The van der Waals surface area contributed by atoms with E-state index in [0.29, 0.717) is 30.7 Å². The smallest absolute Gasteiger partial charge is 0.247 e. The van der Waals surface area contributed by atoms with Crippen LogP contribution < -0.4 is 11.1 Å². The number of oxime groups is 1. The first-order chi connectivity index (χ1) is 15.4. The Bertz CT molecular complexity index is 926. The van der Waals surface area contributed by atoms with Crippen molar-refractivity contribution in [2.24, 2.45) is 10.9 Å². The number of carbonyl (C=O) groups is 3. The second-order valence-electron chi connectivity index (χ2n) is 8.47. The quantitative estimate of drug-likeness (QED) is 0.453. The molecule has 1 aromatic carbocycles. The highest BCUT2D eigenvalue weighted by Gasteiger charge is 2.52. The van der Waals surface area contributed by atoms with E-state index >= 15 is 0 Å². The summed E-state index contributed by atoms with van der Waals surface area (Å²) in [6.07, 6.45) is 8.17. The molecule has 2 atom stereocenters. The number of unbranched alkanes of at least 4 members (excludes halogenated alkanes) is 2. The standard InChI is InChI=1S/C24H32N4O4/c1-3-5-7-11-21(29)26-18-10-8-9-17(13-18)19-14-24(32-27-19)15-20(23(25)31)28(16-24)22(30)12-6-4-2/h6,8-10,12-13,20H,3-5,7,11,14-16H2,1-2H3,(H2,25,31)(H,26,29)/b12-6+/t20-,24?/m0/s1. The predicted octanol–water partition coefficient (Wildman–Crippen LogP) is 3.12. The van der Waals surface area contributed by atoms with E-state index in [1.807, 2.05) is 31.2 Å². The van der Waals surface area contributed by atoms with Gasteiger partial charge in [-0.1, -0.05) is 50.1 Å². The van der Waals surface area contributed by atoms with Crippen molar-refractivity contribution in [3.63, 3.8) is 0 Å². The SMILES string of the molecule is CC/C=C/C(=O)N1CC2(CC(c3cccc(NC(=O)CCCCC)c3)=NO2)C[C@H]1C(N)=O. The topological polar surface area (TPSA) is 114 Å². The van der Waals surface area contributed by atoms with Crippen LogP contribution in [0, 0.1) is 0 Å². The lowest BCUT2D eigenvalue weighted by Gasteiger charge is -2.21. The van der Waals surface area contributed by atoms with Crippen molar-refractivity contribution in [1.29, 1.82) is 0 Å². The van der Waals surface area contributed by atoms with Crippen LogP contribution in [-0.4, -0.2) is 46.5 Å². The number of primary amides is 1. The first kappa shape index (κ1) is 23.5. The van der Waals surface area contributed by atoms with Gasteiger partial charge in [0, 0.05) is 30.5 Å². The van der Waals surface area contributed by atoms with E-state index in [9.17, 15) is 14.4 Å². The lowest BCUT2D eigenvalue weighted by Crippen LogP contribution is -2.43. The van der Waals surface area contributed by atoms with Crippen molar-refractivity contribution >= 4 is 29.1 Å². The van der Waals surface area contributed by atoms with Crippen LogP contribution in [0.4, 0.5) is 5.69 Å². The molecule has 32 heavy (non-hydrogen) atoms. The third-order valence-corrected chi connectivity index (χ3v) is 5.83. The molecule has 172 valence electrons. The molecule has 1 spiro atoms. The van der Waals surface area contributed by atoms with Gasteiger partial charge in [-0.2, -0.15) is 0 Å². The first-order valence-corrected chi connectivity index (χ1v) is 11.3. The van der Waals surface area contributed by atoms with Crippen LogP contribution in [0.1, 0.15) is 64.4 Å². The summed E-state index contributed by atoms with van der Waals surface area (Å²) in [6.45, 7) is 4.28. The second kappa shape index (κ2) is 10.4. The zero-order chi connectivity index (χ0) is 23.1. The summed E-state index contributed by atoms with van der Waals surface area (Å²) >= 11 is 0. The summed E-state index contributed by atoms with van der Waals surface area (Å²) in [5.41, 5.74) is 7.05. The fraction of sp³-hybridized carbons (Fsp3) is 0.500. The number of nitrogens with one attached hydrogen (secondary N) is 1. The van der Waals surface area contributed by atoms with E-state index in [1.165, 1.54) is 11.0 Å². The molecule has 1 aromatic rings. The minimum Gasteiger partial charge on any atom is -0.387 e. The Morgan fingerprint density at radius 2 is 2.12 bits per heavy atom. The van der Waals surface area contributed by atoms with Crippen LogP contribution in [-0.2, 0) is 19.2 Å². The second-order valence-corrected chi connectivity index (χ2v) is 8.47. The van der Waals surface area contributed by atoms with Crippen LogP contribution >= 0.6 is 0 Å². The monoisotopic (exact) mass is 440 g/mol. The minimum absolute atomic E-state index is 0.00828. The number of hydrogen-bond acceptors (Lipinski definition) is 5. The van der Waals surface area contributed by atoms with Gasteiger partial charge in [-0.15, -0.1) is 0 Å². The molecule has 3 amide bonds. The summed E-state index contributed by atoms with van der Waals surface area (Å²) in [6, 6.07) is 6.74. The Morgan fingerprint density at radius 1 is 1.31 bits per heavy atom. The molecule has 0 saturated carbocycles. The number of carbonyl (C=O) groups excluding carboxylic acids is 3. The summed E-state index contributed by atoms with van der Waals surface area (Å²) in [7, 11) is 0. The average Bonchev–Trinajstić information content (AvgIpc) is 3.37. The zero-order valence-corrected chi connectivity index (χ0v) is 18.8. The highest BCUT2D eigenvalue weighted by Crippen LogP contribution is 2.39. The Kier molecular flexibility index (Phi) is 7.66. The van der Waals surface area contributed by atoms with Gasteiger partial charge in [-0.05, 0) is 31.1 Å². The average molecular weight is 441 g/mol. The minimum atomic E-state index is -0.774. The third-order valence-electron chi connectivity index (χ3n) is 5.83. The molecule has 3 N–H and O–H groups in total. The maximum atomic E-state index is 12.6. The Labute approximate surface area is 188 Å². The summed E-state index contributed by atoms with van der Waals surface area (Å²) in [5, 5.41) is 7.20. The molecular formula is C24H32N4O4. The van der Waals surface area contributed by atoms with Gasteiger partial charge in [-0.25, -0.2) is 0 Å². The number of amides is 3. The molecule has 1 saturated heterocycles. The van der Waals surface area contributed by atoms with E-state index in [2.05, 4.69) is 17.4 Å². The fourth-order valence-corrected chi connectivity index (χ4v) is 4.15. The van der Waals surface area contributed by atoms with E-state index in [4.69, 9.17) is 10.6 Å². The molecule has 0 aliphatic carbocycles. The van der Waals surface area contributed by atoms with Crippen molar-refractivity contribution in [3.8, 4) is 0 Å².